The first-order valence-corrected chi connectivity index (χ1v) is 22.1. The molecule has 16 rings (SSSR count). The molecule has 0 spiro atoms. The number of hydrogen-bond acceptors (Lipinski definition) is 20. The molecule has 0 saturated heterocycles. The molecule has 8 aliphatic rings. The minimum absolute atomic E-state index is 0.0898. The van der Waals surface area contributed by atoms with Gasteiger partial charge < -0.3 is 0 Å². The molecule has 4 aromatic heterocycles. The summed E-state index contributed by atoms with van der Waals surface area (Å²) in [6.07, 6.45) is 4.63. The van der Waals surface area contributed by atoms with Crippen LogP contribution in [-0.4, -0.2) is 130 Å². The monoisotopic (exact) mass is 950 g/mol. The maximum absolute atomic E-state index is 12.3. The second-order valence-electron chi connectivity index (χ2n) is 17.2. The maximum Gasteiger partial charge on any atom is 0.404 e. The van der Waals surface area contributed by atoms with Crippen molar-refractivity contribution in [3.63, 3.8) is 0 Å². The van der Waals surface area contributed by atoms with Crippen LogP contribution in [0.1, 0.15) is 86.2 Å². The predicted octanol–water partition coefficient (Wildman–Crippen LogP) is 4.36. The van der Waals surface area contributed by atoms with Gasteiger partial charge >= 0.3 is 12.6 Å². The number of aryl methyl sites for hydroxylation is 4. The van der Waals surface area contributed by atoms with Crippen molar-refractivity contribution in [2.45, 2.75) is 40.3 Å². The number of carbonyl (C=O) groups is 4. The minimum Gasteiger partial charge on any atom is -0.287 e. The van der Waals surface area contributed by atoms with Gasteiger partial charge in [0.25, 0.3) is 11.6 Å². The van der Waals surface area contributed by atoms with E-state index in [1.54, 1.807) is 0 Å². The van der Waals surface area contributed by atoms with Gasteiger partial charge in [0.15, 0.2) is 24.1 Å². The second-order valence-corrected chi connectivity index (χ2v) is 17.2. The van der Waals surface area contributed by atoms with E-state index in [-0.39, 0.29) is 23.1 Å². The number of fused-ring (bicyclic) bond motifs is 16. The van der Waals surface area contributed by atoms with E-state index < -0.39 is 12.6 Å². The third-order valence-corrected chi connectivity index (χ3v) is 12.3. The van der Waals surface area contributed by atoms with E-state index in [2.05, 4.69) is 80.7 Å². The molecule has 24 nitrogen and oxygen atoms in total. The van der Waals surface area contributed by atoms with Crippen LogP contribution < -0.4 is 0 Å². The van der Waals surface area contributed by atoms with E-state index in [1.165, 1.54) is 44.2 Å². The molecule has 344 valence electrons. The van der Waals surface area contributed by atoms with Crippen molar-refractivity contribution in [1.29, 1.82) is 0 Å². The van der Waals surface area contributed by atoms with E-state index in [1.807, 2.05) is 100 Å². The first-order chi connectivity index (χ1) is 34.9. The number of benzene rings is 4. The zero-order valence-corrected chi connectivity index (χ0v) is 38.0. The summed E-state index contributed by atoms with van der Waals surface area (Å²) in [6.45, 7) is 7.87. The number of aliphatic imine (C=N–C) groups is 4. The summed E-state index contributed by atoms with van der Waals surface area (Å²) in [6, 6.07) is 22.8. The van der Waals surface area contributed by atoms with Gasteiger partial charge in [-0.1, -0.05) is 70.8 Å². The van der Waals surface area contributed by atoms with Crippen LogP contribution in [0.5, 0.6) is 0 Å². The van der Waals surface area contributed by atoms with Crippen LogP contribution in [0.2, 0.25) is 0 Å². The lowest BCUT2D eigenvalue weighted by atomic mass is 10.1. The third-order valence-electron chi connectivity index (χ3n) is 12.3. The molecule has 4 aliphatic heterocycles. The Labute approximate surface area is 403 Å². The largest absolute Gasteiger partial charge is 0.404 e. The lowest BCUT2D eigenvalue weighted by Gasteiger charge is -2.04. The van der Waals surface area contributed by atoms with Crippen LogP contribution in [0.25, 0.3) is 34.1 Å². The zero-order valence-electron chi connectivity index (χ0n) is 38.0. The smallest absolute Gasteiger partial charge is 0.287 e. The van der Waals surface area contributed by atoms with Crippen molar-refractivity contribution in [1.82, 2.24) is 49.6 Å². The molecule has 4 aliphatic carbocycles. The van der Waals surface area contributed by atoms with Gasteiger partial charge in [0, 0.05) is 64.9 Å². The highest BCUT2D eigenvalue weighted by atomic mass is 16.1. The van der Waals surface area contributed by atoms with Crippen LogP contribution in [0.4, 0.5) is 0 Å². The number of Topliss-reactive ketones (excluding diaryl/α,β-unsaturated/α-hetero) is 2. The Morgan fingerprint density at radius 2 is 0.847 bits per heavy atom. The van der Waals surface area contributed by atoms with Crippen molar-refractivity contribution in [2.75, 3.05) is 0 Å². The van der Waals surface area contributed by atoms with Gasteiger partial charge in [-0.05, 0) is 52.0 Å². The van der Waals surface area contributed by atoms with E-state index in [0.29, 0.717) is 79.4 Å². The highest BCUT2D eigenvalue weighted by molar-refractivity contribution is 6.78. The molecule has 0 saturated carbocycles. The lowest BCUT2D eigenvalue weighted by Crippen LogP contribution is -2.28. The van der Waals surface area contributed by atoms with Crippen LogP contribution in [0.15, 0.2) is 126 Å². The molecule has 2 atom stereocenters. The van der Waals surface area contributed by atoms with Crippen LogP contribution in [0, 0.1) is 27.7 Å². The van der Waals surface area contributed by atoms with Crippen molar-refractivity contribution in [3.05, 3.63) is 152 Å². The minimum atomic E-state index is -0.456. The number of aromatic nitrogens is 10. The summed E-state index contributed by atoms with van der Waals surface area (Å²) < 4.78 is 2.55. The lowest BCUT2D eigenvalue weighted by molar-refractivity contribution is -0.620. The summed E-state index contributed by atoms with van der Waals surface area (Å²) >= 11 is 0. The number of rotatable bonds is 0. The molecule has 24 heteroatoms. The Kier molecular flexibility index (Phi) is 9.10. The van der Waals surface area contributed by atoms with Crippen molar-refractivity contribution >= 4 is 70.2 Å². The van der Waals surface area contributed by atoms with Crippen LogP contribution in [0.3, 0.4) is 0 Å². The SMILES string of the molecule is Cc1ccc2c(c1)-c1nc3ncnn3nc1C2=O.Cc1ccc2c(c1)C(=O)C1=N[N+]3=NC=NC3N=C12.Cc1ccc2c(c1)C(=O)c1nn3ncnc3nc1-2.Cc1ccc2c(c1)C1=NC3N=CN=[N+]3N=C1C2=O. The van der Waals surface area contributed by atoms with E-state index in [4.69, 9.17) is 0 Å². The Hall–Kier alpha value is -10.3. The molecule has 0 amide bonds. The summed E-state index contributed by atoms with van der Waals surface area (Å²) in [5, 5.41) is 32.4. The summed E-state index contributed by atoms with van der Waals surface area (Å²) in [5.41, 5.74) is 14.1. The van der Waals surface area contributed by atoms with Gasteiger partial charge in [-0.25, -0.2) is 9.97 Å². The summed E-state index contributed by atoms with van der Waals surface area (Å²) in [7, 11) is 0. The van der Waals surface area contributed by atoms with Crippen LogP contribution >= 0.6 is 0 Å². The average molecular weight is 951 g/mol. The number of nitrogens with zero attached hydrogens (tertiary/aromatic N) is 20. The molecule has 8 aromatic rings. The fraction of sp³-hybridized carbons (Fsp3) is 0.125. The Bertz CT molecular complexity index is 4140. The summed E-state index contributed by atoms with van der Waals surface area (Å²) in [4.78, 5) is 85.3. The highest BCUT2D eigenvalue weighted by Crippen LogP contribution is 2.36. The first kappa shape index (κ1) is 41.9. The van der Waals surface area contributed by atoms with Gasteiger partial charge in [-0.3, -0.25) is 19.2 Å². The van der Waals surface area contributed by atoms with Crippen molar-refractivity contribution in [2.24, 2.45) is 40.4 Å². The Balaban J connectivity index is 0.0000000933. The number of carbonyl (C=O) groups excluding carboxylic acids is 4. The normalized spacial score (nSPS) is 17.9. The van der Waals surface area contributed by atoms with Gasteiger partial charge in [-0.2, -0.15) is 29.9 Å². The Morgan fingerprint density at radius 1 is 0.431 bits per heavy atom. The van der Waals surface area contributed by atoms with E-state index in [0.717, 1.165) is 44.5 Å². The molecule has 0 N–H and O–H groups in total. The molecule has 0 radical (unpaired) electrons. The zero-order chi connectivity index (χ0) is 49.1. The number of hydrogen-bond donors (Lipinski definition) is 0. The highest BCUT2D eigenvalue weighted by Gasteiger charge is 2.44. The Morgan fingerprint density at radius 3 is 1.40 bits per heavy atom. The van der Waals surface area contributed by atoms with Crippen molar-refractivity contribution in [3.8, 4) is 22.5 Å². The topological polar surface area (TPSA) is 285 Å². The molecular weight excluding hydrogens is 921 g/mol. The molecule has 0 bridgehead atoms. The van der Waals surface area contributed by atoms with Gasteiger partial charge in [0.05, 0.1) is 9.61 Å². The molecular formula is C48H30N20O4+2. The average Bonchev–Trinajstić information content (AvgIpc) is 4.28. The number of azo groups is 2. The standard InChI is InChI=1S/C12H8N5O.C12H7N5O.C12H8N5O.C12H7N5O/c2*1-6-2-3-7-8(4-6)9-10(11(7)18)16-17-12(15-9)13-5-14-17;2*1-6-2-3-7-8(4-6)11(18)10-9(7)15-12-13-5-14-17(12)16-10/h2-5,12H,1H3;2-5H,1H3;2-5,12H,1H3;2-5H,1H3/q+1;;+1;. The third kappa shape index (κ3) is 6.52. The first-order valence-electron chi connectivity index (χ1n) is 22.1. The molecule has 0 fully saturated rings. The molecule has 2 unspecified atom stereocenters. The fourth-order valence-electron chi connectivity index (χ4n) is 8.94. The molecule has 4 aromatic carbocycles. The van der Waals surface area contributed by atoms with E-state index >= 15 is 0 Å². The molecule has 8 heterocycles. The van der Waals surface area contributed by atoms with Crippen molar-refractivity contribution < 1.29 is 28.8 Å². The summed E-state index contributed by atoms with van der Waals surface area (Å²) in [5.74, 6) is 0.404. The quantitative estimate of drug-likeness (QED) is 0.192. The molecule has 72 heavy (non-hydrogen) atoms. The second kappa shape index (κ2) is 15.6. The van der Waals surface area contributed by atoms with Gasteiger partial charge in [0.1, 0.15) is 35.5 Å². The van der Waals surface area contributed by atoms with E-state index in [9.17, 15) is 19.2 Å². The van der Waals surface area contributed by atoms with Gasteiger partial charge in [0.2, 0.25) is 34.6 Å². The number of ketones is 4. The number of hydrazone groups is 2. The predicted molar refractivity (Wildman–Crippen MR) is 253 cm³/mol. The maximum atomic E-state index is 12.3. The van der Waals surface area contributed by atoms with Crippen LogP contribution in [-0.2, 0) is 0 Å². The fourth-order valence-corrected chi connectivity index (χ4v) is 8.94. The van der Waals surface area contributed by atoms with Gasteiger partial charge in [-0.15, -0.1) is 29.7 Å².